The molecule has 1 N–H and O–H groups in total. The van der Waals surface area contributed by atoms with Gasteiger partial charge in [0, 0.05) is 37.8 Å². The average Bonchev–Trinajstić information content (AvgIpc) is 2.46. The molecule has 0 radical (unpaired) electrons. The Kier molecular flexibility index (Phi) is 3.19. The van der Waals surface area contributed by atoms with Crippen molar-refractivity contribution in [1.29, 1.82) is 0 Å². The largest absolute Gasteiger partial charge is 0.352 e. The lowest BCUT2D eigenvalue weighted by Gasteiger charge is -2.32. The molecule has 0 bridgehead atoms. The van der Waals surface area contributed by atoms with Crippen molar-refractivity contribution in [2.75, 3.05) is 24.5 Å². The summed E-state index contributed by atoms with van der Waals surface area (Å²) in [6.07, 6.45) is 1.68. The predicted octanol–water partition coefficient (Wildman–Crippen LogP) is 1.34. The first-order valence-electron chi connectivity index (χ1n) is 6.53. The molecule has 1 saturated heterocycles. The van der Waals surface area contributed by atoms with E-state index in [1.54, 1.807) is 12.3 Å². The zero-order valence-electron chi connectivity index (χ0n) is 11.1. The maximum absolute atomic E-state index is 10.7. The van der Waals surface area contributed by atoms with Gasteiger partial charge in [-0.15, -0.1) is 0 Å². The smallest absolute Gasteiger partial charge is 0.271 e. The number of hydrogen-bond donors (Lipinski definition) is 1. The van der Waals surface area contributed by atoms with Crippen molar-refractivity contribution in [2.24, 2.45) is 0 Å². The van der Waals surface area contributed by atoms with E-state index in [4.69, 9.17) is 0 Å². The quantitative estimate of drug-likeness (QED) is 0.656. The van der Waals surface area contributed by atoms with E-state index in [9.17, 15) is 10.1 Å². The van der Waals surface area contributed by atoms with Gasteiger partial charge < -0.3 is 10.2 Å². The molecule has 1 fully saturated rings. The molecule has 0 saturated carbocycles. The van der Waals surface area contributed by atoms with E-state index in [0.29, 0.717) is 17.1 Å². The lowest BCUT2D eigenvalue weighted by Crippen LogP contribution is -2.49. The minimum Gasteiger partial charge on any atom is -0.352 e. The highest BCUT2D eigenvalue weighted by molar-refractivity contribution is 5.78. The number of nitro groups is 1. The van der Waals surface area contributed by atoms with Gasteiger partial charge in [0.2, 0.25) is 0 Å². The maximum atomic E-state index is 10.7. The summed E-state index contributed by atoms with van der Waals surface area (Å²) in [5, 5.41) is 14.1. The summed E-state index contributed by atoms with van der Waals surface area (Å²) in [5.41, 5.74) is 1.26. The van der Waals surface area contributed by atoms with Crippen LogP contribution in [0.15, 0.2) is 24.4 Å². The van der Waals surface area contributed by atoms with Crippen LogP contribution in [0.2, 0.25) is 0 Å². The van der Waals surface area contributed by atoms with Crippen molar-refractivity contribution >= 4 is 22.5 Å². The fourth-order valence-corrected chi connectivity index (χ4v) is 2.40. The standard InChI is InChI=1S/C13H15N5O2/c1-9-8-17(5-4-14-9)13-7-15-12-6-10(18(19)20)2-3-11(12)16-13/h2-3,6-7,9,14H,4-5,8H2,1H3. The molecule has 7 nitrogen and oxygen atoms in total. The van der Waals surface area contributed by atoms with Crippen LogP contribution < -0.4 is 10.2 Å². The summed E-state index contributed by atoms with van der Waals surface area (Å²) in [4.78, 5) is 21.3. The fourth-order valence-electron chi connectivity index (χ4n) is 2.40. The van der Waals surface area contributed by atoms with E-state index in [-0.39, 0.29) is 5.69 Å². The first-order valence-corrected chi connectivity index (χ1v) is 6.53. The summed E-state index contributed by atoms with van der Waals surface area (Å²) < 4.78 is 0. The van der Waals surface area contributed by atoms with E-state index >= 15 is 0 Å². The molecule has 2 heterocycles. The van der Waals surface area contributed by atoms with Crippen LogP contribution in [-0.4, -0.2) is 40.6 Å². The van der Waals surface area contributed by atoms with Crippen LogP contribution in [0.3, 0.4) is 0 Å². The third kappa shape index (κ3) is 2.39. The Balaban J connectivity index is 1.94. The lowest BCUT2D eigenvalue weighted by atomic mass is 10.2. The highest BCUT2D eigenvalue weighted by Crippen LogP contribution is 2.21. The van der Waals surface area contributed by atoms with Gasteiger partial charge in [-0.05, 0) is 13.0 Å². The zero-order valence-corrected chi connectivity index (χ0v) is 11.1. The number of anilines is 1. The molecule has 7 heteroatoms. The fraction of sp³-hybridized carbons (Fsp3) is 0.385. The van der Waals surface area contributed by atoms with Crippen molar-refractivity contribution < 1.29 is 4.92 Å². The highest BCUT2D eigenvalue weighted by atomic mass is 16.6. The van der Waals surface area contributed by atoms with Crippen LogP contribution in [0.1, 0.15) is 6.92 Å². The van der Waals surface area contributed by atoms with E-state index < -0.39 is 4.92 Å². The van der Waals surface area contributed by atoms with E-state index in [2.05, 4.69) is 27.1 Å². The number of aromatic nitrogens is 2. The number of non-ortho nitro benzene ring substituents is 1. The molecule has 1 atom stereocenters. The second kappa shape index (κ2) is 5.01. The van der Waals surface area contributed by atoms with Gasteiger partial charge in [-0.2, -0.15) is 0 Å². The lowest BCUT2D eigenvalue weighted by molar-refractivity contribution is -0.384. The summed E-state index contributed by atoms with van der Waals surface area (Å²) >= 11 is 0. The Morgan fingerprint density at radius 2 is 2.30 bits per heavy atom. The SMILES string of the molecule is CC1CN(c2cnc3cc([N+](=O)[O-])ccc3n2)CCN1. The molecule has 104 valence electrons. The molecular formula is C13H15N5O2. The first-order chi connectivity index (χ1) is 9.63. The van der Waals surface area contributed by atoms with Gasteiger partial charge in [0.1, 0.15) is 5.82 Å². The van der Waals surface area contributed by atoms with Crippen LogP contribution in [0.25, 0.3) is 11.0 Å². The minimum absolute atomic E-state index is 0.0374. The molecule has 1 unspecified atom stereocenters. The number of benzene rings is 1. The second-order valence-electron chi connectivity index (χ2n) is 4.96. The number of fused-ring (bicyclic) bond motifs is 1. The predicted molar refractivity (Wildman–Crippen MR) is 75.9 cm³/mol. The number of nitrogens with one attached hydrogen (secondary N) is 1. The van der Waals surface area contributed by atoms with Gasteiger partial charge in [0.15, 0.2) is 0 Å². The molecule has 1 aliphatic rings. The summed E-state index contributed by atoms with van der Waals surface area (Å²) in [7, 11) is 0. The number of rotatable bonds is 2. The van der Waals surface area contributed by atoms with Crippen molar-refractivity contribution in [3.05, 3.63) is 34.5 Å². The normalized spacial score (nSPS) is 19.2. The Labute approximate surface area is 115 Å². The van der Waals surface area contributed by atoms with Gasteiger partial charge in [-0.3, -0.25) is 15.1 Å². The Morgan fingerprint density at radius 1 is 1.45 bits per heavy atom. The highest BCUT2D eigenvalue weighted by Gasteiger charge is 2.17. The summed E-state index contributed by atoms with van der Waals surface area (Å²) in [6.45, 7) is 4.82. The number of hydrogen-bond acceptors (Lipinski definition) is 6. The van der Waals surface area contributed by atoms with Gasteiger partial charge in [0.25, 0.3) is 5.69 Å². The Morgan fingerprint density at radius 3 is 3.05 bits per heavy atom. The molecule has 0 spiro atoms. The van der Waals surface area contributed by atoms with Gasteiger partial charge >= 0.3 is 0 Å². The minimum atomic E-state index is -0.424. The third-order valence-corrected chi connectivity index (χ3v) is 3.42. The van der Waals surface area contributed by atoms with Gasteiger partial charge in [-0.1, -0.05) is 0 Å². The Hall–Kier alpha value is -2.28. The van der Waals surface area contributed by atoms with Gasteiger partial charge in [-0.25, -0.2) is 4.98 Å². The molecule has 1 aromatic carbocycles. The second-order valence-corrected chi connectivity index (χ2v) is 4.96. The molecule has 0 amide bonds. The van der Waals surface area contributed by atoms with Crippen molar-refractivity contribution in [3.63, 3.8) is 0 Å². The number of nitro benzene ring substituents is 1. The van der Waals surface area contributed by atoms with Crippen molar-refractivity contribution in [2.45, 2.75) is 13.0 Å². The summed E-state index contributed by atoms with van der Waals surface area (Å²) in [6, 6.07) is 4.97. The molecule has 1 aromatic heterocycles. The molecule has 2 aromatic rings. The summed E-state index contributed by atoms with van der Waals surface area (Å²) in [5.74, 6) is 0.819. The average molecular weight is 273 g/mol. The molecule has 3 rings (SSSR count). The van der Waals surface area contributed by atoms with Crippen LogP contribution in [0.4, 0.5) is 11.5 Å². The third-order valence-electron chi connectivity index (χ3n) is 3.42. The van der Waals surface area contributed by atoms with Crippen molar-refractivity contribution in [3.8, 4) is 0 Å². The van der Waals surface area contributed by atoms with E-state index in [1.807, 2.05) is 0 Å². The van der Waals surface area contributed by atoms with Crippen LogP contribution in [0, 0.1) is 10.1 Å². The van der Waals surface area contributed by atoms with Crippen molar-refractivity contribution in [1.82, 2.24) is 15.3 Å². The maximum Gasteiger partial charge on any atom is 0.271 e. The van der Waals surface area contributed by atoms with E-state index in [1.165, 1.54) is 12.1 Å². The van der Waals surface area contributed by atoms with Crippen LogP contribution in [0.5, 0.6) is 0 Å². The Bertz CT molecular complexity index is 660. The zero-order chi connectivity index (χ0) is 14.1. The molecule has 20 heavy (non-hydrogen) atoms. The monoisotopic (exact) mass is 273 g/mol. The molecule has 1 aliphatic heterocycles. The topological polar surface area (TPSA) is 84.2 Å². The number of nitrogens with zero attached hydrogens (tertiary/aromatic N) is 4. The number of piperazine rings is 1. The first kappa shape index (κ1) is 12.7. The van der Waals surface area contributed by atoms with Crippen LogP contribution in [-0.2, 0) is 0 Å². The van der Waals surface area contributed by atoms with Gasteiger partial charge in [0.05, 0.1) is 22.2 Å². The van der Waals surface area contributed by atoms with Crippen LogP contribution >= 0.6 is 0 Å². The van der Waals surface area contributed by atoms with E-state index in [0.717, 1.165) is 25.5 Å². The molecular weight excluding hydrogens is 258 g/mol. The molecule has 0 aliphatic carbocycles.